The van der Waals surface area contributed by atoms with Crippen molar-refractivity contribution in [3.05, 3.63) is 47.1 Å². The van der Waals surface area contributed by atoms with Gasteiger partial charge in [-0.2, -0.15) is 4.98 Å². The summed E-state index contributed by atoms with van der Waals surface area (Å²) in [5.74, 6) is 1.60. The summed E-state index contributed by atoms with van der Waals surface area (Å²) in [4.78, 5) is 4.37. The molecule has 3 nitrogen and oxygen atoms in total. The molecule has 1 unspecified atom stereocenters. The van der Waals surface area contributed by atoms with E-state index in [9.17, 15) is 0 Å². The summed E-state index contributed by atoms with van der Waals surface area (Å²) >= 11 is 5.93. The van der Waals surface area contributed by atoms with Gasteiger partial charge in [0.25, 0.3) is 0 Å². The number of hydrogen-bond acceptors (Lipinski definition) is 3. The largest absolute Gasteiger partial charge is 0.339 e. The lowest BCUT2D eigenvalue weighted by molar-refractivity contribution is 0.351. The average molecular weight is 249 g/mol. The predicted molar refractivity (Wildman–Crippen MR) is 65.2 cm³/mol. The van der Waals surface area contributed by atoms with Crippen LogP contribution < -0.4 is 0 Å². The maximum atomic E-state index is 5.93. The summed E-state index contributed by atoms with van der Waals surface area (Å²) in [5, 5.41) is 3.71. The highest BCUT2D eigenvalue weighted by atomic mass is 35.5. The lowest BCUT2D eigenvalue weighted by Crippen LogP contribution is -1.98. The standard InChI is InChI=1S/C13H13ClN2O/c1-8(14)12-15-13(17-16-12)11-6-9-4-2-3-5-10(9)7-11/h2-5,8,11H,6-7H2,1H3. The van der Waals surface area contributed by atoms with E-state index in [0.29, 0.717) is 17.6 Å². The highest BCUT2D eigenvalue weighted by Crippen LogP contribution is 2.33. The SMILES string of the molecule is CC(Cl)c1noc(C2Cc3ccccc3C2)n1. The molecule has 17 heavy (non-hydrogen) atoms. The third kappa shape index (κ3) is 1.95. The Labute approximate surface area is 105 Å². The van der Waals surface area contributed by atoms with E-state index in [-0.39, 0.29) is 5.38 Å². The Kier molecular flexibility index (Phi) is 2.63. The first kappa shape index (κ1) is 10.8. The number of halogens is 1. The lowest BCUT2D eigenvalue weighted by Gasteiger charge is -2.00. The summed E-state index contributed by atoms with van der Waals surface area (Å²) in [6, 6.07) is 8.47. The Bertz CT molecular complexity index is 511. The Morgan fingerprint density at radius 1 is 1.29 bits per heavy atom. The molecule has 0 radical (unpaired) electrons. The first-order chi connectivity index (χ1) is 8.24. The van der Waals surface area contributed by atoms with Crippen molar-refractivity contribution in [2.45, 2.75) is 31.1 Å². The molecule has 1 aromatic heterocycles. The van der Waals surface area contributed by atoms with Crippen LogP contribution in [0.5, 0.6) is 0 Å². The van der Waals surface area contributed by atoms with Crippen LogP contribution in [0.1, 0.15) is 41.1 Å². The van der Waals surface area contributed by atoms with Crippen LogP contribution in [0, 0.1) is 0 Å². The van der Waals surface area contributed by atoms with Crippen molar-refractivity contribution in [2.75, 3.05) is 0 Å². The number of rotatable bonds is 2. The Morgan fingerprint density at radius 3 is 2.47 bits per heavy atom. The fourth-order valence-electron chi connectivity index (χ4n) is 2.31. The van der Waals surface area contributed by atoms with Gasteiger partial charge in [0.15, 0.2) is 5.82 Å². The zero-order chi connectivity index (χ0) is 11.8. The second-order valence-electron chi connectivity index (χ2n) is 4.48. The molecule has 0 spiro atoms. The van der Waals surface area contributed by atoms with Gasteiger partial charge in [-0.15, -0.1) is 11.6 Å². The minimum absolute atomic E-state index is 0.198. The molecule has 4 heteroatoms. The molecule has 0 fully saturated rings. The molecular weight excluding hydrogens is 236 g/mol. The highest BCUT2D eigenvalue weighted by molar-refractivity contribution is 6.20. The van der Waals surface area contributed by atoms with Gasteiger partial charge >= 0.3 is 0 Å². The number of alkyl halides is 1. The van der Waals surface area contributed by atoms with Gasteiger partial charge < -0.3 is 4.52 Å². The fraction of sp³-hybridized carbons (Fsp3) is 0.385. The van der Waals surface area contributed by atoms with Gasteiger partial charge in [0, 0.05) is 5.92 Å². The van der Waals surface area contributed by atoms with Gasteiger partial charge in [-0.1, -0.05) is 29.4 Å². The molecule has 1 atom stereocenters. The van der Waals surface area contributed by atoms with Gasteiger partial charge in [-0.05, 0) is 30.9 Å². The zero-order valence-electron chi connectivity index (χ0n) is 9.56. The second-order valence-corrected chi connectivity index (χ2v) is 5.14. The Morgan fingerprint density at radius 2 is 1.94 bits per heavy atom. The minimum atomic E-state index is -0.198. The van der Waals surface area contributed by atoms with E-state index in [1.807, 2.05) is 6.92 Å². The molecule has 88 valence electrons. The molecule has 0 amide bonds. The van der Waals surface area contributed by atoms with Gasteiger partial charge in [-0.3, -0.25) is 0 Å². The third-order valence-corrected chi connectivity index (χ3v) is 3.41. The molecule has 0 N–H and O–H groups in total. The third-order valence-electron chi connectivity index (χ3n) is 3.21. The summed E-state index contributed by atoms with van der Waals surface area (Å²) in [5.41, 5.74) is 2.77. The molecule has 1 aliphatic carbocycles. The molecule has 2 aromatic rings. The summed E-state index contributed by atoms with van der Waals surface area (Å²) in [6.07, 6.45) is 1.96. The van der Waals surface area contributed by atoms with Crippen molar-refractivity contribution in [3.8, 4) is 0 Å². The molecule has 3 rings (SSSR count). The molecule has 1 aromatic carbocycles. The van der Waals surface area contributed by atoms with E-state index >= 15 is 0 Å². The number of fused-ring (bicyclic) bond motifs is 1. The zero-order valence-corrected chi connectivity index (χ0v) is 10.3. The summed E-state index contributed by atoms with van der Waals surface area (Å²) in [7, 11) is 0. The average Bonchev–Trinajstić information content (AvgIpc) is 2.95. The van der Waals surface area contributed by atoms with Gasteiger partial charge in [0.05, 0.1) is 5.38 Å². The maximum absolute atomic E-state index is 5.93. The van der Waals surface area contributed by atoms with Crippen LogP contribution in [0.25, 0.3) is 0 Å². The number of benzene rings is 1. The van der Waals surface area contributed by atoms with Crippen LogP contribution in [-0.4, -0.2) is 10.1 Å². The molecule has 1 aliphatic rings. The van der Waals surface area contributed by atoms with E-state index < -0.39 is 0 Å². The van der Waals surface area contributed by atoms with Gasteiger partial charge in [0.1, 0.15) is 0 Å². The summed E-state index contributed by atoms with van der Waals surface area (Å²) in [6.45, 7) is 1.85. The predicted octanol–water partition coefficient (Wildman–Crippen LogP) is 3.25. The van der Waals surface area contributed by atoms with E-state index in [0.717, 1.165) is 12.8 Å². The molecule has 0 saturated heterocycles. The second kappa shape index (κ2) is 4.15. The highest BCUT2D eigenvalue weighted by Gasteiger charge is 2.27. The lowest BCUT2D eigenvalue weighted by atomic mass is 10.1. The quantitative estimate of drug-likeness (QED) is 0.766. The van der Waals surface area contributed by atoms with Crippen molar-refractivity contribution in [1.82, 2.24) is 10.1 Å². The topological polar surface area (TPSA) is 38.9 Å². The van der Waals surface area contributed by atoms with Gasteiger partial charge in [-0.25, -0.2) is 0 Å². The number of aromatic nitrogens is 2. The minimum Gasteiger partial charge on any atom is -0.339 e. The maximum Gasteiger partial charge on any atom is 0.230 e. The molecule has 0 saturated carbocycles. The van der Waals surface area contributed by atoms with Crippen molar-refractivity contribution in [1.29, 1.82) is 0 Å². The van der Waals surface area contributed by atoms with E-state index in [1.54, 1.807) is 0 Å². The van der Waals surface area contributed by atoms with Crippen LogP contribution in [0.4, 0.5) is 0 Å². The Hall–Kier alpha value is -1.35. The van der Waals surface area contributed by atoms with Crippen molar-refractivity contribution < 1.29 is 4.52 Å². The molecule has 1 heterocycles. The van der Waals surface area contributed by atoms with Crippen molar-refractivity contribution in [2.24, 2.45) is 0 Å². The van der Waals surface area contributed by atoms with E-state index in [4.69, 9.17) is 16.1 Å². The first-order valence-corrected chi connectivity index (χ1v) is 6.22. The van der Waals surface area contributed by atoms with Crippen LogP contribution in [0.2, 0.25) is 0 Å². The van der Waals surface area contributed by atoms with E-state index in [1.165, 1.54) is 11.1 Å². The fourth-order valence-corrected chi connectivity index (χ4v) is 2.40. The van der Waals surface area contributed by atoms with Gasteiger partial charge in [0.2, 0.25) is 5.89 Å². The molecule has 0 bridgehead atoms. The molecule has 0 aliphatic heterocycles. The first-order valence-electron chi connectivity index (χ1n) is 5.78. The molecular formula is C13H13ClN2O. The van der Waals surface area contributed by atoms with Crippen LogP contribution in [0.3, 0.4) is 0 Å². The Balaban J connectivity index is 1.84. The van der Waals surface area contributed by atoms with Crippen LogP contribution in [0.15, 0.2) is 28.8 Å². The smallest absolute Gasteiger partial charge is 0.230 e. The van der Waals surface area contributed by atoms with Crippen molar-refractivity contribution >= 4 is 11.6 Å². The normalized spacial score (nSPS) is 17.1. The number of nitrogens with zero attached hydrogens (tertiary/aromatic N) is 2. The van der Waals surface area contributed by atoms with Crippen LogP contribution in [-0.2, 0) is 12.8 Å². The monoisotopic (exact) mass is 248 g/mol. The van der Waals surface area contributed by atoms with E-state index in [2.05, 4.69) is 34.4 Å². The van der Waals surface area contributed by atoms with Crippen molar-refractivity contribution in [3.63, 3.8) is 0 Å². The van der Waals surface area contributed by atoms with Crippen LogP contribution >= 0.6 is 11.6 Å². The summed E-state index contributed by atoms with van der Waals surface area (Å²) < 4.78 is 5.30. The number of hydrogen-bond donors (Lipinski definition) is 0.